The predicted octanol–water partition coefficient (Wildman–Crippen LogP) is 2.90. The van der Waals surface area contributed by atoms with Crippen molar-refractivity contribution in [1.29, 1.82) is 0 Å². The lowest BCUT2D eigenvalue weighted by Gasteiger charge is -2.03. The summed E-state index contributed by atoms with van der Waals surface area (Å²) in [5.74, 6) is -0.344. The van der Waals surface area contributed by atoms with Crippen LogP contribution in [-0.4, -0.2) is 24.3 Å². The van der Waals surface area contributed by atoms with E-state index >= 15 is 0 Å². The molecule has 4 nitrogen and oxygen atoms in total. The van der Waals surface area contributed by atoms with Gasteiger partial charge in [-0.2, -0.15) is 0 Å². The van der Waals surface area contributed by atoms with Gasteiger partial charge in [-0.1, -0.05) is 44.9 Å². The summed E-state index contributed by atoms with van der Waals surface area (Å²) in [5.41, 5.74) is 5.85. The molecule has 0 saturated heterocycles. The number of aliphatic hydroxyl groups excluding tert-OH is 1. The van der Waals surface area contributed by atoms with Crippen LogP contribution in [0.2, 0.25) is 0 Å². The summed E-state index contributed by atoms with van der Waals surface area (Å²) < 4.78 is 5.01. The van der Waals surface area contributed by atoms with Crippen LogP contribution in [0.5, 0.6) is 0 Å². The average Bonchev–Trinajstić information content (AvgIpc) is 2.35. The molecule has 0 unspecified atom stereocenters. The maximum Gasteiger partial charge on any atom is 0.332 e. The summed E-state index contributed by atoms with van der Waals surface area (Å²) in [5, 5.41) is 8.63. The Kier molecular flexibility index (Phi) is 12.7. The first-order valence-corrected chi connectivity index (χ1v) is 7.38. The lowest BCUT2D eigenvalue weighted by molar-refractivity contribution is -0.137. The van der Waals surface area contributed by atoms with Gasteiger partial charge in [0.1, 0.15) is 0 Å². The molecule has 4 heteroatoms. The Morgan fingerprint density at radius 1 is 1.00 bits per heavy atom. The fourth-order valence-electron chi connectivity index (χ4n) is 1.85. The van der Waals surface area contributed by atoms with E-state index in [-0.39, 0.29) is 5.97 Å². The van der Waals surface area contributed by atoms with Crippen LogP contribution in [0.25, 0.3) is 0 Å². The molecule has 0 rings (SSSR count). The van der Waals surface area contributed by atoms with Crippen molar-refractivity contribution in [3.8, 4) is 0 Å². The summed E-state index contributed by atoms with van der Waals surface area (Å²) in [6.07, 6.45) is 11.6. The number of esters is 1. The normalized spacial score (nSPS) is 11.6. The second kappa shape index (κ2) is 13.4. The first kappa shape index (κ1) is 18.0. The number of carbonyl (C=O) groups excluding carboxylic acids is 1. The average molecular weight is 271 g/mol. The van der Waals surface area contributed by atoms with Crippen molar-refractivity contribution in [1.82, 2.24) is 0 Å². The van der Waals surface area contributed by atoms with Crippen LogP contribution in [0.15, 0.2) is 11.8 Å². The standard InChI is InChI=1S/C15H29NO3/c1-14(16)13-15(18)19-12-10-8-6-4-2-3-5-7-9-11-17/h13,17H,2-12,16H2,1H3/b14-13+. The van der Waals surface area contributed by atoms with Crippen molar-refractivity contribution in [2.75, 3.05) is 13.2 Å². The summed E-state index contributed by atoms with van der Waals surface area (Å²) in [6.45, 7) is 2.47. The smallest absolute Gasteiger partial charge is 0.332 e. The van der Waals surface area contributed by atoms with Crippen LogP contribution in [0.4, 0.5) is 0 Å². The number of rotatable bonds is 12. The largest absolute Gasteiger partial charge is 0.462 e. The van der Waals surface area contributed by atoms with Crippen LogP contribution in [-0.2, 0) is 9.53 Å². The van der Waals surface area contributed by atoms with E-state index in [4.69, 9.17) is 15.6 Å². The second-order valence-electron chi connectivity index (χ2n) is 4.96. The van der Waals surface area contributed by atoms with Crippen LogP contribution < -0.4 is 5.73 Å². The number of carbonyl (C=O) groups is 1. The molecule has 0 bridgehead atoms. The highest BCUT2D eigenvalue weighted by Gasteiger charge is 1.98. The van der Waals surface area contributed by atoms with Gasteiger partial charge in [0.05, 0.1) is 6.61 Å². The molecule has 0 aromatic rings. The van der Waals surface area contributed by atoms with E-state index in [1.54, 1.807) is 6.92 Å². The molecule has 0 aromatic heterocycles. The lowest BCUT2D eigenvalue weighted by Crippen LogP contribution is -2.05. The molecule has 19 heavy (non-hydrogen) atoms. The molecule has 112 valence electrons. The molecule has 0 radical (unpaired) electrons. The Labute approximate surface area is 117 Å². The van der Waals surface area contributed by atoms with E-state index in [1.165, 1.54) is 38.2 Å². The molecule has 0 heterocycles. The van der Waals surface area contributed by atoms with Crippen LogP contribution in [0.3, 0.4) is 0 Å². The number of hydrogen-bond acceptors (Lipinski definition) is 4. The van der Waals surface area contributed by atoms with Crippen molar-refractivity contribution in [2.24, 2.45) is 5.73 Å². The van der Waals surface area contributed by atoms with Crippen molar-refractivity contribution in [3.63, 3.8) is 0 Å². The van der Waals surface area contributed by atoms with Crippen molar-refractivity contribution in [2.45, 2.75) is 64.7 Å². The Balaban J connectivity index is 3.15. The molecule has 0 aliphatic rings. The fourth-order valence-corrected chi connectivity index (χ4v) is 1.85. The van der Waals surface area contributed by atoms with Gasteiger partial charge in [0.25, 0.3) is 0 Å². The van der Waals surface area contributed by atoms with Gasteiger partial charge >= 0.3 is 5.97 Å². The number of unbranched alkanes of at least 4 members (excludes halogenated alkanes) is 8. The minimum atomic E-state index is -0.344. The lowest BCUT2D eigenvalue weighted by atomic mass is 10.1. The van der Waals surface area contributed by atoms with E-state index in [9.17, 15) is 4.79 Å². The molecule has 3 N–H and O–H groups in total. The summed E-state index contributed by atoms with van der Waals surface area (Å²) in [6, 6.07) is 0. The van der Waals surface area contributed by atoms with Gasteiger partial charge in [-0.3, -0.25) is 0 Å². The number of hydrogen-bond donors (Lipinski definition) is 2. The third-order valence-electron chi connectivity index (χ3n) is 2.89. The van der Waals surface area contributed by atoms with Crippen molar-refractivity contribution in [3.05, 3.63) is 11.8 Å². The number of aliphatic hydroxyl groups is 1. The van der Waals surface area contributed by atoms with Gasteiger partial charge in [-0.05, 0) is 19.8 Å². The van der Waals surface area contributed by atoms with E-state index < -0.39 is 0 Å². The first-order chi connectivity index (χ1) is 9.16. The zero-order valence-corrected chi connectivity index (χ0v) is 12.2. The molecule has 0 fully saturated rings. The molecule has 0 atom stereocenters. The Morgan fingerprint density at radius 3 is 1.95 bits per heavy atom. The molecule has 0 aliphatic carbocycles. The van der Waals surface area contributed by atoms with E-state index in [0.29, 0.717) is 18.9 Å². The molecule has 0 aromatic carbocycles. The van der Waals surface area contributed by atoms with Crippen LogP contribution in [0.1, 0.15) is 64.7 Å². The third kappa shape index (κ3) is 14.9. The van der Waals surface area contributed by atoms with Crippen LogP contribution >= 0.6 is 0 Å². The Hall–Kier alpha value is -1.03. The summed E-state index contributed by atoms with van der Waals surface area (Å²) >= 11 is 0. The molecule has 0 aliphatic heterocycles. The predicted molar refractivity (Wildman–Crippen MR) is 77.5 cm³/mol. The van der Waals surface area contributed by atoms with Gasteiger partial charge < -0.3 is 15.6 Å². The van der Waals surface area contributed by atoms with Gasteiger partial charge in [0, 0.05) is 18.4 Å². The zero-order chi connectivity index (χ0) is 14.3. The molecular weight excluding hydrogens is 242 g/mol. The SMILES string of the molecule is C/C(N)=C\C(=O)OCCCCCCCCCCCO. The fraction of sp³-hybridized carbons (Fsp3) is 0.800. The Morgan fingerprint density at radius 2 is 1.47 bits per heavy atom. The van der Waals surface area contributed by atoms with E-state index in [2.05, 4.69) is 0 Å². The maximum absolute atomic E-state index is 11.1. The highest BCUT2D eigenvalue weighted by Crippen LogP contribution is 2.09. The molecular formula is C15H29NO3. The second-order valence-corrected chi connectivity index (χ2v) is 4.96. The quantitative estimate of drug-likeness (QED) is 0.325. The molecule has 0 amide bonds. The monoisotopic (exact) mass is 271 g/mol. The Bertz CT molecular complexity index is 248. The summed E-state index contributed by atoms with van der Waals surface area (Å²) in [4.78, 5) is 11.1. The molecule has 0 saturated carbocycles. The van der Waals surface area contributed by atoms with Crippen molar-refractivity contribution >= 4 is 5.97 Å². The minimum absolute atomic E-state index is 0.317. The number of nitrogens with two attached hydrogens (primary N) is 1. The van der Waals surface area contributed by atoms with Crippen LogP contribution in [0, 0.1) is 0 Å². The molecule has 0 spiro atoms. The van der Waals surface area contributed by atoms with Gasteiger partial charge in [-0.15, -0.1) is 0 Å². The topological polar surface area (TPSA) is 72.6 Å². The highest BCUT2D eigenvalue weighted by atomic mass is 16.5. The van der Waals surface area contributed by atoms with E-state index in [0.717, 1.165) is 25.7 Å². The maximum atomic E-state index is 11.1. The van der Waals surface area contributed by atoms with Crippen molar-refractivity contribution < 1.29 is 14.6 Å². The van der Waals surface area contributed by atoms with E-state index in [1.807, 2.05) is 0 Å². The third-order valence-corrected chi connectivity index (χ3v) is 2.89. The summed E-state index contributed by atoms with van der Waals surface area (Å²) in [7, 11) is 0. The van der Waals surface area contributed by atoms with Gasteiger partial charge in [0.15, 0.2) is 0 Å². The van der Waals surface area contributed by atoms with Gasteiger partial charge in [-0.25, -0.2) is 4.79 Å². The number of ether oxygens (including phenoxy) is 1. The zero-order valence-electron chi connectivity index (χ0n) is 12.2. The highest BCUT2D eigenvalue weighted by molar-refractivity contribution is 5.82. The minimum Gasteiger partial charge on any atom is -0.462 e. The number of allylic oxidation sites excluding steroid dienone is 1. The first-order valence-electron chi connectivity index (χ1n) is 7.38. The van der Waals surface area contributed by atoms with Gasteiger partial charge in [0.2, 0.25) is 0 Å².